The SMILES string of the molecule is CC(C)N(Cc1nc2ccccc2c(=O)[nH]1)C(=O)Cc1ccc(F)cc1. The molecular weight excluding hydrogens is 333 g/mol. The number of aromatic amines is 1. The number of nitrogens with one attached hydrogen (secondary N) is 1. The summed E-state index contributed by atoms with van der Waals surface area (Å²) in [4.78, 5) is 33.8. The van der Waals surface area contributed by atoms with Crippen molar-refractivity contribution in [2.45, 2.75) is 32.9 Å². The molecule has 3 aromatic rings. The van der Waals surface area contributed by atoms with Crippen molar-refractivity contribution in [3.05, 3.63) is 76.1 Å². The standard InChI is InChI=1S/C20H20FN3O2/c1-13(2)24(19(25)11-14-7-9-15(21)10-8-14)12-18-22-17-6-4-3-5-16(17)20(26)23-18/h3-10,13H,11-12H2,1-2H3,(H,22,23,26). The molecule has 0 saturated heterocycles. The fraction of sp³-hybridized carbons (Fsp3) is 0.250. The first-order valence-corrected chi connectivity index (χ1v) is 8.46. The van der Waals surface area contributed by atoms with Gasteiger partial charge in [-0.2, -0.15) is 0 Å². The Hall–Kier alpha value is -3.02. The van der Waals surface area contributed by atoms with Gasteiger partial charge in [0.2, 0.25) is 5.91 Å². The first-order valence-electron chi connectivity index (χ1n) is 8.46. The second-order valence-electron chi connectivity index (χ2n) is 6.45. The number of carbonyl (C=O) groups is 1. The lowest BCUT2D eigenvalue weighted by Crippen LogP contribution is -2.38. The molecule has 0 aliphatic carbocycles. The molecule has 26 heavy (non-hydrogen) atoms. The molecule has 6 heteroatoms. The predicted octanol–water partition coefficient (Wildman–Crippen LogP) is 3.04. The van der Waals surface area contributed by atoms with E-state index < -0.39 is 0 Å². The maximum Gasteiger partial charge on any atom is 0.258 e. The van der Waals surface area contributed by atoms with Gasteiger partial charge in [0.05, 0.1) is 23.9 Å². The van der Waals surface area contributed by atoms with E-state index in [0.29, 0.717) is 16.7 Å². The van der Waals surface area contributed by atoms with Gasteiger partial charge < -0.3 is 9.88 Å². The number of para-hydroxylation sites is 1. The Bertz CT molecular complexity index is 980. The highest BCUT2D eigenvalue weighted by Crippen LogP contribution is 2.12. The number of fused-ring (bicyclic) bond motifs is 1. The topological polar surface area (TPSA) is 66.1 Å². The van der Waals surface area contributed by atoms with Crippen LogP contribution < -0.4 is 5.56 Å². The van der Waals surface area contributed by atoms with Crippen LogP contribution in [0.3, 0.4) is 0 Å². The van der Waals surface area contributed by atoms with Gasteiger partial charge in [-0.1, -0.05) is 24.3 Å². The van der Waals surface area contributed by atoms with E-state index in [1.165, 1.54) is 12.1 Å². The van der Waals surface area contributed by atoms with E-state index in [1.807, 2.05) is 19.9 Å². The van der Waals surface area contributed by atoms with Gasteiger partial charge in [0.1, 0.15) is 11.6 Å². The Morgan fingerprint density at radius 1 is 1.15 bits per heavy atom. The maximum atomic E-state index is 13.0. The number of benzene rings is 2. The second kappa shape index (κ2) is 7.47. The first-order chi connectivity index (χ1) is 12.4. The highest BCUT2D eigenvalue weighted by Gasteiger charge is 2.19. The molecule has 134 valence electrons. The van der Waals surface area contributed by atoms with E-state index in [0.717, 1.165) is 5.56 Å². The molecule has 0 saturated carbocycles. The van der Waals surface area contributed by atoms with Gasteiger partial charge in [-0.15, -0.1) is 0 Å². The molecule has 0 aliphatic heterocycles. The summed E-state index contributed by atoms with van der Waals surface area (Å²) >= 11 is 0. The van der Waals surface area contributed by atoms with E-state index in [-0.39, 0.29) is 36.3 Å². The molecular formula is C20H20FN3O2. The Balaban J connectivity index is 1.83. The van der Waals surface area contributed by atoms with Gasteiger partial charge in [0.25, 0.3) is 5.56 Å². The molecule has 3 rings (SSSR count). The van der Waals surface area contributed by atoms with Gasteiger partial charge in [-0.3, -0.25) is 9.59 Å². The van der Waals surface area contributed by atoms with Crippen molar-refractivity contribution >= 4 is 16.8 Å². The van der Waals surface area contributed by atoms with E-state index in [9.17, 15) is 14.0 Å². The molecule has 0 bridgehead atoms. The fourth-order valence-electron chi connectivity index (χ4n) is 2.81. The molecule has 0 aliphatic rings. The zero-order valence-corrected chi connectivity index (χ0v) is 14.7. The lowest BCUT2D eigenvalue weighted by atomic mass is 10.1. The normalized spacial score (nSPS) is 11.1. The minimum Gasteiger partial charge on any atom is -0.333 e. The average molecular weight is 353 g/mol. The summed E-state index contributed by atoms with van der Waals surface area (Å²) in [5, 5.41) is 0.519. The van der Waals surface area contributed by atoms with Crippen LogP contribution in [0.15, 0.2) is 53.3 Å². The highest BCUT2D eigenvalue weighted by molar-refractivity contribution is 5.79. The molecule has 1 N–H and O–H groups in total. The van der Waals surface area contributed by atoms with Gasteiger partial charge >= 0.3 is 0 Å². The lowest BCUT2D eigenvalue weighted by Gasteiger charge is -2.26. The monoisotopic (exact) mass is 353 g/mol. The number of hydrogen-bond acceptors (Lipinski definition) is 3. The largest absolute Gasteiger partial charge is 0.333 e. The van der Waals surface area contributed by atoms with Crippen LogP contribution in [0.25, 0.3) is 10.9 Å². The summed E-state index contributed by atoms with van der Waals surface area (Å²) in [6, 6.07) is 12.9. The summed E-state index contributed by atoms with van der Waals surface area (Å²) in [5.41, 5.74) is 1.11. The molecule has 0 fully saturated rings. The number of H-pyrrole nitrogens is 1. The zero-order chi connectivity index (χ0) is 18.7. The van der Waals surface area contributed by atoms with Crippen LogP contribution in [-0.4, -0.2) is 26.8 Å². The van der Waals surface area contributed by atoms with Crippen LogP contribution in [0.1, 0.15) is 25.2 Å². The van der Waals surface area contributed by atoms with Crippen LogP contribution in [0.2, 0.25) is 0 Å². The number of amides is 1. The van der Waals surface area contributed by atoms with Gasteiger partial charge in [-0.25, -0.2) is 9.37 Å². The van der Waals surface area contributed by atoms with Crippen LogP contribution in [0, 0.1) is 5.82 Å². The Morgan fingerprint density at radius 2 is 1.85 bits per heavy atom. The predicted molar refractivity (Wildman–Crippen MR) is 98.2 cm³/mol. The van der Waals surface area contributed by atoms with Crippen LogP contribution in [0.5, 0.6) is 0 Å². The van der Waals surface area contributed by atoms with E-state index in [1.54, 1.807) is 35.2 Å². The third kappa shape index (κ3) is 3.96. The molecule has 0 unspecified atom stereocenters. The van der Waals surface area contributed by atoms with Crippen LogP contribution >= 0.6 is 0 Å². The highest BCUT2D eigenvalue weighted by atomic mass is 19.1. The summed E-state index contributed by atoms with van der Waals surface area (Å²) < 4.78 is 13.0. The molecule has 0 radical (unpaired) electrons. The maximum absolute atomic E-state index is 13.0. The quantitative estimate of drug-likeness (QED) is 0.767. The van der Waals surface area contributed by atoms with Crippen molar-refractivity contribution in [1.29, 1.82) is 0 Å². The number of hydrogen-bond donors (Lipinski definition) is 1. The molecule has 1 amide bonds. The fourth-order valence-corrected chi connectivity index (χ4v) is 2.81. The number of rotatable bonds is 5. The second-order valence-corrected chi connectivity index (χ2v) is 6.45. The van der Waals surface area contributed by atoms with Crippen molar-refractivity contribution in [2.75, 3.05) is 0 Å². The van der Waals surface area contributed by atoms with Crippen molar-refractivity contribution in [3.63, 3.8) is 0 Å². The first kappa shape index (κ1) is 17.8. The number of carbonyl (C=O) groups excluding carboxylic acids is 1. The Morgan fingerprint density at radius 3 is 2.54 bits per heavy atom. The summed E-state index contributed by atoms with van der Waals surface area (Å²) in [6.45, 7) is 4.02. The van der Waals surface area contributed by atoms with E-state index in [4.69, 9.17) is 0 Å². The lowest BCUT2D eigenvalue weighted by molar-refractivity contribution is -0.132. The number of halogens is 1. The van der Waals surface area contributed by atoms with Gasteiger partial charge in [-0.05, 0) is 43.7 Å². The summed E-state index contributed by atoms with van der Waals surface area (Å²) in [6.07, 6.45) is 0.163. The third-order valence-corrected chi connectivity index (χ3v) is 4.19. The molecule has 0 atom stereocenters. The number of aromatic nitrogens is 2. The zero-order valence-electron chi connectivity index (χ0n) is 14.7. The van der Waals surface area contributed by atoms with Crippen molar-refractivity contribution < 1.29 is 9.18 Å². The minimum absolute atomic E-state index is 0.0697. The van der Waals surface area contributed by atoms with Gasteiger partial charge in [0, 0.05) is 6.04 Å². The van der Waals surface area contributed by atoms with Crippen LogP contribution in [-0.2, 0) is 17.8 Å². The number of nitrogens with zero attached hydrogens (tertiary/aromatic N) is 2. The smallest absolute Gasteiger partial charge is 0.258 e. The molecule has 2 aromatic carbocycles. The molecule has 5 nitrogen and oxygen atoms in total. The average Bonchev–Trinajstić information content (AvgIpc) is 2.61. The molecule has 1 heterocycles. The van der Waals surface area contributed by atoms with E-state index in [2.05, 4.69) is 9.97 Å². The third-order valence-electron chi connectivity index (χ3n) is 4.19. The van der Waals surface area contributed by atoms with Gasteiger partial charge in [0.15, 0.2) is 0 Å². The van der Waals surface area contributed by atoms with E-state index >= 15 is 0 Å². The Kier molecular flexibility index (Phi) is 5.11. The Labute approximate surface area is 150 Å². The minimum atomic E-state index is -0.333. The van der Waals surface area contributed by atoms with Crippen molar-refractivity contribution in [3.8, 4) is 0 Å². The molecule has 0 spiro atoms. The molecule has 1 aromatic heterocycles. The van der Waals surface area contributed by atoms with Crippen molar-refractivity contribution in [1.82, 2.24) is 14.9 Å². The summed E-state index contributed by atoms with van der Waals surface area (Å²) in [5.74, 6) is -0.00266. The van der Waals surface area contributed by atoms with Crippen molar-refractivity contribution in [2.24, 2.45) is 0 Å². The summed E-state index contributed by atoms with van der Waals surface area (Å²) in [7, 11) is 0. The van der Waals surface area contributed by atoms with Crippen LogP contribution in [0.4, 0.5) is 4.39 Å².